The number of hydrogen-bond donors (Lipinski definition) is 0. The molecule has 6 atom stereocenters. The number of amides is 4. The Morgan fingerprint density at radius 2 is 0.584 bits per heavy atom. The van der Waals surface area contributed by atoms with E-state index >= 15 is 0 Å². The molecule has 2 fully saturated rings. The fourth-order valence-electron chi connectivity index (χ4n) is 16.8. The van der Waals surface area contributed by atoms with E-state index < -0.39 is 33.1 Å². The number of hydrogen-bond acceptors (Lipinski definition) is 10. The van der Waals surface area contributed by atoms with E-state index in [9.17, 15) is 47.9 Å². The number of benzene rings is 2. The summed E-state index contributed by atoms with van der Waals surface area (Å²) in [5.41, 5.74) is 9.04. The van der Waals surface area contributed by atoms with E-state index in [2.05, 4.69) is 125 Å². The van der Waals surface area contributed by atoms with Crippen LogP contribution in [0.25, 0.3) is 33.7 Å². The van der Waals surface area contributed by atoms with Gasteiger partial charge in [-0.25, -0.2) is 0 Å². The van der Waals surface area contributed by atoms with Crippen LogP contribution < -0.4 is 33.4 Å². The SMILES string of the molecule is C.C.C.C.C.CN1C(=O)C2=C(C1=O)C1CC(C(C)(C)C)CC1C1CC(C(C)(C)C)CC21.CN1C(=O)c2c(C(C)(C)C)ccc(C(C)(C)C)c2C1=O.Cn1c(=O)c2c(C(C)(C)C)c3c(=O)n(C)c(=O)c3c(C(C)(C)C)c2c1=O.Cn1c(=O)c2c(c3c(c1=O)C=C(C(C)(C)C)C3)CC(C(C)(C)C)=C2. The van der Waals surface area contributed by atoms with Crippen LogP contribution in [0.2, 0.25) is 0 Å². The van der Waals surface area contributed by atoms with Crippen molar-refractivity contribution in [2.75, 3.05) is 14.1 Å². The van der Waals surface area contributed by atoms with Gasteiger partial charge in [-0.2, -0.15) is 0 Å². The molecule has 15 heteroatoms. The van der Waals surface area contributed by atoms with E-state index in [1.807, 2.05) is 65.8 Å². The van der Waals surface area contributed by atoms with Gasteiger partial charge in [0.15, 0.2) is 0 Å². The van der Waals surface area contributed by atoms with Gasteiger partial charge in [0.1, 0.15) is 0 Å². The summed E-state index contributed by atoms with van der Waals surface area (Å²) in [6, 6.07) is 4.01. The Morgan fingerprint density at radius 3 is 0.822 bits per heavy atom. The summed E-state index contributed by atoms with van der Waals surface area (Å²) in [5.74, 6) is 2.77. The minimum Gasteiger partial charge on any atom is -0.278 e. The molecule has 0 spiro atoms. The van der Waals surface area contributed by atoms with E-state index in [4.69, 9.17) is 0 Å². The summed E-state index contributed by atoms with van der Waals surface area (Å²) in [7, 11) is 7.70. The molecule has 2 aliphatic heterocycles. The van der Waals surface area contributed by atoms with Crippen LogP contribution in [0.1, 0.15) is 294 Å². The molecule has 6 unspecified atom stereocenters. The van der Waals surface area contributed by atoms with Crippen molar-refractivity contribution in [1.82, 2.24) is 23.5 Å². The van der Waals surface area contributed by atoms with E-state index in [-0.39, 0.29) is 126 Å². The molecule has 3 aromatic heterocycles. The lowest BCUT2D eigenvalue weighted by molar-refractivity contribution is -0.136. The maximum absolute atomic E-state index is 13.0. The Bertz CT molecular complexity index is 4270. The molecule has 101 heavy (non-hydrogen) atoms. The predicted octanol–water partition coefficient (Wildman–Crippen LogP) is 16.7. The van der Waals surface area contributed by atoms with Crippen LogP contribution in [-0.2, 0) is 65.2 Å². The van der Waals surface area contributed by atoms with Gasteiger partial charge in [-0.1, -0.05) is 227 Å². The fourth-order valence-corrected chi connectivity index (χ4v) is 16.8. The fraction of sp³-hybridized carbons (Fsp3) is 0.628. The van der Waals surface area contributed by atoms with Crippen molar-refractivity contribution >= 4 is 57.3 Å². The summed E-state index contributed by atoms with van der Waals surface area (Å²) >= 11 is 0. The molecule has 15 nitrogen and oxygen atoms in total. The number of rotatable bonds is 0. The van der Waals surface area contributed by atoms with Gasteiger partial charge in [-0.05, 0) is 163 Å². The predicted molar refractivity (Wildman–Crippen MR) is 422 cm³/mol. The third-order valence-electron chi connectivity index (χ3n) is 22.6. The Balaban J connectivity index is 0.000000282. The van der Waals surface area contributed by atoms with Crippen molar-refractivity contribution in [3.05, 3.63) is 152 Å². The first-order valence-corrected chi connectivity index (χ1v) is 34.7. The molecular formula is C86H129N5O10. The van der Waals surface area contributed by atoms with Crippen LogP contribution in [0, 0.1) is 57.2 Å². The highest BCUT2D eigenvalue weighted by molar-refractivity contribution is 6.23. The molecule has 558 valence electrons. The average Bonchev–Trinajstić information content (AvgIpc) is 1.56. The van der Waals surface area contributed by atoms with Gasteiger partial charge in [-0.15, -0.1) is 0 Å². The first-order valence-electron chi connectivity index (χ1n) is 34.7. The Hall–Kier alpha value is -7.16. The van der Waals surface area contributed by atoms with Gasteiger partial charge in [-0.3, -0.25) is 71.4 Å². The van der Waals surface area contributed by atoms with Gasteiger partial charge in [0, 0.05) is 57.5 Å². The van der Waals surface area contributed by atoms with E-state index in [0.29, 0.717) is 68.9 Å². The monoisotopic (exact) mass is 1390 g/mol. The third kappa shape index (κ3) is 14.5. The molecule has 4 amide bonds. The summed E-state index contributed by atoms with van der Waals surface area (Å²) in [6.07, 6.45) is 10.2. The lowest BCUT2D eigenvalue weighted by atomic mass is 9.66. The van der Waals surface area contributed by atoms with Crippen LogP contribution in [0.5, 0.6) is 0 Å². The van der Waals surface area contributed by atoms with Gasteiger partial charge < -0.3 is 0 Å². The summed E-state index contributed by atoms with van der Waals surface area (Å²) in [4.78, 5) is 131. The lowest BCUT2D eigenvalue weighted by Gasteiger charge is -2.36. The molecular weight excluding hydrogens is 1260 g/mol. The molecule has 5 heterocycles. The van der Waals surface area contributed by atoms with Gasteiger partial charge in [0.05, 0.1) is 32.7 Å². The summed E-state index contributed by atoms with van der Waals surface area (Å²) in [6.45, 7) is 50.7. The van der Waals surface area contributed by atoms with Crippen molar-refractivity contribution < 1.29 is 19.2 Å². The summed E-state index contributed by atoms with van der Waals surface area (Å²) in [5, 5.41) is 1.07. The number of carbonyl (C=O) groups excluding carboxylic acids is 4. The second-order valence-electron chi connectivity index (χ2n) is 37.4. The smallest absolute Gasteiger partial charge is 0.261 e. The zero-order valence-corrected chi connectivity index (χ0v) is 63.3. The topological polar surface area (TPSA) is 192 Å². The Kier molecular flexibility index (Phi) is 23.7. The highest BCUT2D eigenvalue weighted by Crippen LogP contribution is 2.64. The highest BCUT2D eigenvalue weighted by atomic mass is 16.2. The minimum absolute atomic E-state index is 0. The maximum Gasteiger partial charge on any atom is 0.261 e. The normalized spacial score (nSPS) is 20.8. The van der Waals surface area contributed by atoms with Crippen molar-refractivity contribution in [3.63, 3.8) is 0 Å². The molecule has 2 aromatic carbocycles. The maximum atomic E-state index is 13.0. The van der Waals surface area contributed by atoms with Crippen molar-refractivity contribution in [3.8, 4) is 0 Å². The van der Waals surface area contributed by atoms with Crippen molar-refractivity contribution in [2.24, 2.45) is 78.3 Å². The summed E-state index contributed by atoms with van der Waals surface area (Å²) < 4.78 is 3.42. The zero-order valence-electron chi connectivity index (χ0n) is 63.3. The first-order chi connectivity index (χ1) is 43.5. The number of allylic oxidation sites excluding steroid dienone is 2. The van der Waals surface area contributed by atoms with Crippen molar-refractivity contribution in [2.45, 2.75) is 263 Å². The van der Waals surface area contributed by atoms with Crippen LogP contribution in [-0.4, -0.2) is 61.2 Å². The molecule has 2 saturated carbocycles. The van der Waals surface area contributed by atoms with Gasteiger partial charge in [0.25, 0.3) is 57.0 Å². The van der Waals surface area contributed by atoms with Gasteiger partial charge in [0.2, 0.25) is 0 Å². The van der Waals surface area contributed by atoms with Crippen LogP contribution in [0.3, 0.4) is 0 Å². The lowest BCUT2D eigenvalue weighted by Crippen LogP contribution is -2.32. The van der Waals surface area contributed by atoms with E-state index in [1.165, 1.54) is 52.5 Å². The average molecular weight is 1390 g/mol. The van der Waals surface area contributed by atoms with E-state index in [0.717, 1.165) is 68.2 Å². The number of aromatic nitrogens is 3. The van der Waals surface area contributed by atoms with Crippen molar-refractivity contribution in [1.29, 1.82) is 0 Å². The molecule has 7 aliphatic rings. The largest absolute Gasteiger partial charge is 0.278 e. The standard InChI is InChI=1S/C23H35NO2.C21H27NO2.C20H24N2O4.C17H23NO2.5CH4/c1-22(2,3)12-8-14-15-9-13(23(4,5)6)11-17(15)19-18(16(14)10-12)20(25)24(7)21(19)26;1-20(2,3)12-8-14-15-9-13(21(4,5)6)11-17(15)19(24)22(7)18(23)16(14)10-12;1-19(2,3)13-9-11(17(25)21(7)15(9)23)14(20(4,5)6)12-10(13)16(24)22(8)18(12)26;1-16(2,3)10-8-9-11(17(4,5)6)13-12(10)14(19)18(7)15(13)20;;;;;/h12-17H,8-11H2,1-7H3;10-11H,8-9H2,1-7H3;1-8H3;8-9H,1-7H3;5*1H4. The quantitative estimate of drug-likeness (QED) is 0.135. The molecule has 0 N–H and O–H groups in total. The van der Waals surface area contributed by atoms with Crippen LogP contribution >= 0.6 is 0 Å². The second-order valence-corrected chi connectivity index (χ2v) is 37.4. The van der Waals surface area contributed by atoms with E-state index in [1.54, 1.807) is 21.1 Å². The molecule has 0 bridgehead atoms. The number of nitrogens with zero attached hydrogens (tertiary/aromatic N) is 5. The molecule has 0 saturated heterocycles. The zero-order chi connectivity index (χ0) is 72.6. The number of imide groups is 2. The molecule has 0 radical (unpaired) electrons. The third-order valence-corrected chi connectivity index (χ3v) is 22.6. The van der Waals surface area contributed by atoms with Crippen LogP contribution in [0.4, 0.5) is 0 Å². The molecule has 5 aromatic rings. The second kappa shape index (κ2) is 27.8. The molecule has 12 rings (SSSR count). The molecule has 5 aliphatic carbocycles. The Morgan fingerprint density at radius 1 is 0.327 bits per heavy atom. The van der Waals surface area contributed by atoms with Gasteiger partial charge >= 0.3 is 0 Å². The van der Waals surface area contributed by atoms with Crippen LogP contribution in [0.15, 0.2) is 63.2 Å². The number of likely N-dealkylation sites (N-methyl/N-ethyl adjacent to an activating group) is 1. The first kappa shape index (κ1) is 86.2. The number of fused-ring (bicyclic) bond motifs is 11. The number of carbonyl (C=O) groups is 4. The Labute approximate surface area is 605 Å². The highest BCUT2D eigenvalue weighted by Gasteiger charge is 2.60. The minimum atomic E-state index is -0.590.